The van der Waals surface area contributed by atoms with Gasteiger partial charge in [-0.2, -0.15) is 0 Å². The van der Waals surface area contributed by atoms with Crippen molar-refractivity contribution >= 4 is 11.9 Å². The SMILES string of the molecule is CCCCCCCOC(=O)C1CCC(C(=O)OCCC)CC1C(C)(C)C. The Morgan fingerprint density at radius 3 is 2.12 bits per heavy atom. The van der Waals surface area contributed by atoms with Gasteiger partial charge in [-0.25, -0.2) is 0 Å². The van der Waals surface area contributed by atoms with Crippen LogP contribution in [0.2, 0.25) is 0 Å². The molecule has 3 unspecified atom stereocenters. The fourth-order valence-corrected chi connectivity index (χ4v) is 3.93. The molecule has 0 spiro atoms. The van der Waals surface area contributed by atoms with Crippen LogP contribution in [0.1, 0.15) is 92.4 Å². The van der Waals surface area contributed by atoms with E-state index in [-0.39, 0.29) is 35.1 Å². The first kappa shape index (κ1) is 23.0. The molecule has 1 rings (SSSR count). The highest BCUT2D eigenvalue weighted by molar-refractivity contribution is 5.75. The van der Waals surface area contributed by atoms with Gasteiger partial charge in [0.2, 0.25) is 0 Å². The molecular weight excluding hydrogens is 328 g/mol. The molecule has 0 aromatic carbocycles. The van der Waals surface area contributed by atoms with Crippen LogP contribution in [0, 0.1) is 23.2 Å². The van der Waals surface area contributed by atoms with Crippen molar-refractivity contribution in [2.75, 3.05) is 13.2 Å². The molecule has 0 saturated heterocycles. The summed E-state index contributed by atoms with van der Waals surface area (Å²) < 4.78 is 10.9. The first-order chi connectivity index (χ1) is 12.3. The molecule has 26 heavy (non-hydrogen) atoms. The Morgan fingerprint density at radius 1 is 0.846 bits per heavy atom. The van der Waals surface area contributed by atoms with Gasteiger partial charge in [-0.1, -0.05) is 60.3 Å². The highest BCUT2D eigenvalue weighted by atomic mass is 16.5. The minimum absolute atomic E-state index is 0.0332. The Labute approximate surface area is 160 Å². The summed E-state index contributed by atoms with van der Waals surface area (Å²) in [5.41, 5.74) is -0.0332. The Bertz CT molecular complexity index is 424. The number of rotatable bonds is 10. The summed E-state index contributed by atoms with van der Waals surface area (Å²) in [6.07, 6.45) is 8.77. The maximum atomic E-state index is 12.7. The number of carbonyl (C=O) groups is 2. The summed E-state index contributed by atoms with van der Waals surface area (Å²) in [4.78, 5) is 24.9. The molecule has 3 atom stereocenters. The molecule has 4 heteroatoms. The molecule has 1 aliphatic carbocycles. The molecule has 0 amide bonds. The summed E-state index contributed by atoms with van der Waals surface area (Å²) in [5.74, 6) is -0.183. The van der Waals surface area contributed by atoms with Gasteiger partial charge in [0, 0.05) is 0 Å². The van der Waals surface area contributed by atoms with Crippen LogP contribution in [0.25, 0.3) is 0 Å². The molecule has 0 aromatic heterocycles. The molecule has 1 fully saturated rings. The van der Waals surface area contributed by atoms with Gasteiger partial charge in [0.15, 0.2) is 0 Å². The fourth-order valence-electron chi connectivity index (χ4n) is 3.93. The zero-order chi connectivity index (χ0) is 19.6. The van der Waals surface area contributed by atoms with Crippen molar-refractivity contribution in [2.24, 2.45) is 23.2 Å². The molecule has 0 aliphatic heterocycles. The second kappa shape index (κ2) is 11.6. The van der Waals surface area contributed by atoms with Crippen LogP contribution in [0.5, 0.6) is 0 Å². The lowest BCUT2D eigenvalue weighted by Gasteiger charge is -2.41. The van der Waals surface area contributed by atoms with Gasteiger partial charge in [0.05, 0.1) is 25.0 Å². The van der Waals surface area contributed by atoms with Gasteiger partial charge in [-0.05, 0) is 43.4 Å². The third-order valence-electron chi connectivity index (χ3n) is 5.54. The number of carbonyl (C=O) groups excluding carboxylic acids is 2. The lowest BCUT2D eigenvalue weighted by molar-refractivity contribution is -0.160. The van der Waals surface area contributed by atoms with Crippen molar-refractivity contribution in [2.45, 2.75) is 92.4 Å². The van der Waals surface area contributed by atoms with Crippen LogP contribution in [0.3, 0.4) is 0 Å². The van der Waals surface area contributed by atoms with E-state index in [1.165, 1.54) is 19.3 Å². The van der Waals surface area contributed by atoms with Crippen molar-refractivity contribution in [3.8, 4) is 0 Å². The molecule has 4 nitrogen and oxygen atoms in total. The first-order valence-electron chi connectivity index (χ1n) is 10.6. The number of unbranched alkanes of at least 4 members (excludes halogenated alkanes) is 4. The largest absolute Gasteiger partial charge is 0.465 e. The zero-order valence-corrected chi connectivity index (χ0v) is 17.6. The minimum Gasteiger partial charge on any atom is -0.465 e. The molecule has 0 heterocycles. The van der Waals surface area contributed by atoms with E-state index in [1.807, 2.05) is 6.92 Å². The van der Waals surface area contributed by atoms with E-state index in [4.69, 9.17) is 9.47 Å². The van der Waals surface area contributed by atoms with Crippen molar-refractivity contribution in [3.63, 3.8) is 0 Å². The number of esters is 2. The van der Waals surface area contributed by atoms with Gasteiger partial charge < -0.3 is 9.47 Å². The van der Waals surface area contributed by atoms with Crippen LogP contribution in [-0.2, 0) is 19.1 Å². The van der Waals surface area contributed by atoms with E-state index >= 15 is 0 Å². The topological polar surface area (TPSA) is 52.6 Å². The van der Waals surface area contributed by atoms with Gasteiger partial charge in [-0.3, -0.25) is 9.59 Å². The van der Waals surface area contributed by atoms with Crippen molar-refractivity contribution < 1.29 is 19.1 Å². The standard InChI is InChI=1S/C22H40O4/c1-6-8-9-10-11-15-26-21(24)18-13-12-17(20(23)25-14-7-2)16-19(18)22(3,4)5/h17-19H,6-16H2,1-5H3. The predicted octanol–water partition coefficient (Wildman–Crippen LogP) is 5.53. The second-order valence-corrected chi connectivity index (χ2v) is 8.84. The molecule has 0 N–H and O–H groups in total. The minimum atomic E-state index is -0.0964. The smallest absolute Gasteiger partial charge is 0.309 e. The molecule has 152 valence electrons. The Morgan fingerprint density at radius 2 is 1.50 bits per heavy atom. The van der Waals surface area contributed by atoms with Crippen LogP contribution in [0.15, 0.2) is 0 Å². The summed E-state index contributed by atoms with van der Waals surface area (Å²) in [6, 6.07) is 0. The Balaban J connectivity index is 2.56. The van der Waals surface area contributed by atoms with E-state index in [2.05, 4.69) is 27.7 Å². The van der Waals surface area contributed by atoms with Crippen molar-refractivity contribution in [1.82, 2.24) is 0 Å². The third kappa shape index (κ3) is 7.67. The average molecular weight is 369 g/mol. The fraction of sp³-hybridized carbons (Fsp3) is 0.909. The van der Waals surface area contributed by atoms with Crippen LogP contribution >= 0.6 is 0 Å². The predicted molar refractivity (Wildman–Crippen MR) is 105 cm³/mol. The molecular formula is C22H40O4. The van der Waals surface area contributed by atoms with Crippen molar-refractivity contribution in [1.29, 1.82) is 0 Å². The summed E-state index contributed by atoms with van der Waals surface area (Å²) in [7, 11) is 0. The Hall–Kier alpha value is -1.06. The van der Waals surface area contributed by atoms with Gasteiger partial charge >= 0.3 is 11.9 Å². The van der Waals surface area contributed by atoms with E-state index < -0.39 is 0 Å². The van der Waals surface area contributed by atoms with Crippen molar-refractivity contribution in [3.05, 3.63) is 0 Å². The molecule has 1 saturated carbocycles. The summed E-state index contributed by atoms with van der Waals surface area (Å²) >= 11 is 0. The van der Waals surface area contributed by atoms with Gasteiger partial charge in [0.25, 0.3) is 0 Å². The number of hydrogen-bond donors (Lipinski definition) is 0. The third-order valence-corrected chi connectivity index (χ3v) is 5.54. The molecule has 0 radical (unpaired) electrons. The maximum absolute atomic E-state index is 12.7. The monoisotopic (exact) mass is 368 g/mol. The first-order valence-corrected chi connectivity index (χ1v) is 10.6. The average Bonchev–Trinajstić information content (AvgIpc) is 2.61. The maximum Gasteiger partial charge on any atom is 0.309 e. The van der Waals surface area contributed by atoms with Crippen LogP contribution in [0.4, 0.5) is 0 Å². The quantitative estimate of drug-likeness (QED) is 0.376. The van der Waals surface area contributed by atoms with E-state index in [1.54, 1.807) is 0 Å². The van der Waals surface area contributed by atoms with Gasteiger partial charge in [-0.15, -0.1) is 0 Å². The molecule has 0 aromatic rings. The molecule has 0 bridgehead atoms. The van der Waals surface area contributed by atoms with E-state index in [0.29, 0.717) is 13.2 Å². The van der Waals surface area contributed by atoms with Crippen LogP contribution < -0.4 is 0 Å². The number of hydrogen-bond acceptors (Lipinski definition) is 4. The summed E-state index contributed by atoms with van der Waals surface area (Å²) in [5, 5.41) is 0. The number of ether oxygens (including phenoxy) is 2. The van der Waals surface area contributed by atoms with E-state index in [0.717, 1.165) is 38.5 Å². The highest BCUT2D eigenvalue weighted by Crippen LogP contribution is 2.44. The zero-order valence-electron chi connectivity index (χ0n) is 17.6. The second-order valence-electron chi connectivity index (χ2n) is 8.84. The van der Waals surface area contributed by atoms with Crippen LogP contribution in [-0.4, -0.2) is 25.2 Å². The Kier molecular flexibility index (Phi) is 10.3. The lowest BCUT2D eigenvalue weighted by atomic mass is 9.63. The highest BCUT2D eigenvalue weighted by Gasteiger charge is 2.44. The summed E-state index contributed by atoms with van der Waals surface area (Å²) in [6.45, 7) is 11.7. The van der Waals surface area contributed by atoms with E-state index in [9.17, 15) is 9.59 Å². The lowest BCUT2D eigenvalue weighted by Crippen LogP contribution is -2.41. The normalized spacial score (nSPS) is 23.5. The van der Waals surface area contributed by atoms with Gasteiger partial charge in [0.1, 0.15) is 0 Å². The molecule has 1 aliphatic rings.